The highest BCUT2D eigenvalue weighted by atomic mass is 16.5. The molecule has 1 N–H and O–H groups in total. The monoisotopic (exact) mass is 389 g/mol. The van der Waals surface area contributed by atoms with Crippen molar-refractivity contribution in [3.8, 4) is 11.5 Å². The van der Waals surface area contributed by atoms with E-state index in [0.717, 1.165) is 28.8 Å². The van der Waals surface area contributed by atoms with E-state index in [-0.39, 0.29) is 5.91 Å². The lowest BCUT2D eigenvalue weighted by Gasteiger charge is -2.15. The van der Waals surface area contributed by atoms with E-state index >= 15 is 0 Å². The minimum atomic E-state index is -0.162. The fraction of sp³-hybridized carbons (Fsp3) is 0.240. The molecule has 4 nitrogen and oxygen atoms in total. The average molecular weight is 389 g/mol. The Hall–Kier alpha value is -3.27. The third-order valence-electron chi connectivity index (χ3n) is 4.72. The summed E-state index contributed by atoms with van der Waals surface area (Å²) in [5, 5.41) is 3.06. The highest BCUT2D eigenvalue weighted by Gasteiger charge is 2.14. The highest BCUT2D eigenvalue weighted by Crippen LogP contribution is 2.30. The molecule has 0 radical (unpaired) electrons. The number of rotatable bonds is 8. The minimum Gasteiger partial charge on any atom is -0.490 e. The highest BCUT2D eigenvalue weighted by molar-refractivity contribution is 6.05. The number of nitrogens with one attached hydrogen (secondary N) is 1. The Labute approximate surface area is 172 Å². The molecule has 4 heteroatoms. The number of carbonyl (C=O) groups excluding carboxylic acids is 1. The van der Waals surface area contributed by atoms with Gasteiger partial charge in [0, 0.05) is 11.3 Å². The van der Waals surface area contributed by atoms with Gasteiger partial charge in [-0.25, -0.2) is 0 Å². The van der Waals surface area contributed by atoms with E-state index in [0.29, 0.717) is 30.3 Å². The maximum Gasteiger partial charge on any atom is 0.255 e. The van der Waals surface area contributed by atoms with Crippen LogP contribution in [0.1, 0.15) is 40.9 Å². The van der Waals surface area contributed by atoms with Gasteiger partial charge in [-0.3, -0.25) is 4.79 Å². The van der Waals surface area contributed by atoms with Crippen molar-refractivity contribution in [1.29, 1.82) is 0 Å². The first-order valence-electron chi connectivity index (χ1n) is 9.95. The Kier molecular flexibility index (Phi) is 6.90. The van der Waals surface area contributed by atoms with Gasteiger partial charge in [-0.1, -0.05) is 55.5 Å². The molecule has 0 aliphatic carbocycles. The molecule has 0 atom stereocenters. The predicted octanol–water partition coefficient (Wildman–Crippen LogP) is 5.79. The maximum atomic E-state index is 12.9. The van der Waals surface area contributed by atoms with Crippen LogP contribution in [0.3, 0.4) is 0 Å². The second kappa shape index (κ2) is 9.78. The Bertz CT molecular complexity index is 967. The van der Waals surface area contributed by atoms with Crippen LogP contribution in [0.2, 0.25) is 0 Å². The summed E-state index contributed by atoms with van der Waals surface area (Å²) in [6, 6.07) is 21.3. The summed E-state index contributed by atoms with van der Waals surface area (Å²) in [4.78, 5) is 12.9. The molecule has 0 unspecified atom stereocenters. The molecule has 0 spiro atoms. The lowest BCUT2D eigenvalue weighted by molar-refractivity contribution is 0.102. The van der Waals surface area contributed by atoms with Gasteiger partial charge < -0.3 is 14.8 Å². The van der Waals surface area contributed by atoms with Crippen molar-refractivity contribution in [1.82, 2.24) is 0 Å². The molecule has 3 aromatic carbocycles. The van der Waals surface area contributed by atoms with Gasteiger partial charge in [0.2, 0.25) is 0 Å². The number of aryl methyl sites for hydroxylation is 2. The molecular weight excluding hydrogens is 362 g/mol. The van der Waals surface area contributed by atoms with Crippen molar-refractivity contribution in [3.05, 3.63) is 89.0 Å². The zero-order valence-electron chi connectivity index (χ0n) is 17.2. The largest absolute Gasteiger partial charge is 0.490 e. The van der Waals surface area contributed by atoms with Gasteiger partial charge in [0.1, 0.15) is 6.61 Å². The second-order valence-corrected chi connectivity index (χ2v) is 6.79. The van der Waals surface area contributed by atoms with Gasteiger partial charge in [0.15, 0.2) is 11.5 Å². The molecule has 0 aromatic heterocycles. The summed E-state index contributed by atoms with van der Waals surface area (Å²) >= 11 is 0. The van der Waals surface area contributed by atoms with Crippen LogP contribution in [0.15, 0.2) is 66.7 Å². The lowest BCUT2D eigenvalue weighted by Crippen LogP contribution is -2.14. The van der Waals surface area contributed by atoms with Crippen molar-refractivity contribution in [2.24, 2.45) is 0 Å². The molecular formula is C25H27NO3. The zero-order chi connectivity index (χ0) is 20.6. The maximum absolute atomic E-state index is 12.9. The smallest absolute Gasteiger partial charge is 0.255 e. The van der Waals surface area contributed by atoms with E-state index in [9.17, 15) is 4.79 Å². The molecule has 0 saturated carbocycles. The molecule has 1 amide bonds. The molecule has 0 bridgehead atoms. The van der Waals surface area contributed by atoms with E-state index in [1.807, 2.05) is 62.4 Å². The van der Waals surface area contributed by atoms with Crippen molar-refractivity contribution in [2.75, 3.05) is 11.9 Å². The number of hydrogen-bond acceptors (Lipinski definition) is 3. The minimum absolute atomic E-state index is 0.162. The molecule has 0 heterocycles. The van der Waals surface area contributed by atoms with Gasteiger partial charge >= 0.3 is 0 Å². The molecule has 150 valence electrons. The molecule has 0 aliphatic rings. The van der Waals surface area contributed by atoms with Crippen molar-refractivity contribution < 1.29 is 14.3 Å². The number of benzene rings is 3. The predicted molar refractivity (Wildman–Crippen MR) is 117 cm³/mol. The van der Waals surface area contributed by atoms with Crippen LogP contribution in [0.4, 0.5) is 5.69 Å². The number of para-hydroxylation sites is 1. The second-order valence-electron chi connectivity index (χ2n) is 6.79. The van der Waals surface area contributed by atoms with E-state index in [2.05, 4.69) is 12.2 Å². The SMILES string of the molecule is CCOc1cc(C(=O)Nc2c(C)cccc2CC)ccc1OCc1ccccc1. The first-order chi connectivity index (χ1) is 14.1. The summed E-state index contributed by atoms with van der Waals surface area (Å²) in [7, 11) is 0. The number of ether oxygens (including phenoxy) is 2. The summed E-state index contributed by atoms with van der Waals surface area (Å²) in [6.45, 7) is 6.92. The molecule has 3 rings (SSSR count). The Balaban J connectivity index is 1.79. The fourth-order valence-corrected chi connectivity index (χ4v) is 3.16. The number of amides is 1. The van der Waals surface area contributed by atoms with Crippen LogP contribution in [0.5, 0.6) is 11.5 Å². The standard InChI is InChI=1S/C25H27NO3/c1-4-20-13-9-10-18(3)24(20)26-25(27)21-14-15-22(23(16-21)28-5-2)29-17-19-11-7-6-8-12-19/h6-16H,4-5,17H2,1-3H3,(H,26,27). The Morgan fingerprint density at radius 2 is 1.69 bits per heavy atom. The third-order valence-corrected chi connectivity index (χ3v) is 4.72. The van der Waals surface area contributed by atoms with Crippen LogP contribution < -0.4 is 14.8 Å². The molecule has 0 saturated heterocycles. The van der Waals surface area contributed by atoms with Crippen LogP contribution in [-0.4, -0.2) is 12.5 Å². The van der Waals surface area contributed by atoms with Crippen molar-refractivity contribution in [2.45, 2.75) is 33.8 Å². The van der Waals surface area contributed by atoms with E-state index in [1.165, 1.54) is 0 Å². The van der Waals surface area contributed by atoms with Crippen LogP contribution in [0, 0.1) is 6.92 Å². The first kappa shape index (κ1) is 20.5. The third kappa shape index (κ3) is 5.17. The summed E-state index contributed by atoms with van der Waals surface area (Å²) < 4.78 is 11.7. The van der Waals surface area contributed by atoms with Gasteiger partial charge in [-0.2, -0.15) is 0 Å². The molecule has 0 fully saturated rings. The normalized spacial score (nSPS) is 10.4. The quantitative estimate of drug-likeness (QED) is 0.531. The Morgan fingerprint density at radius 1 is 0.897 bits per heavy atom. The summed E-state index contributed by atoms with van der Waals surface area (Å²) in [6.07, 6.45) is 0.855. The van der Waals surface area contributed by atoms with Gasteiger partial charge in [0.25, 0.3) is 5.91 Å². The topological polar surface area (TPSA) is 47.6 Å². The molecule has 0 aliphatic heterocycles. The molecule has 3 aromatic rings. The van der Waals surface area contributed by atoms with E-state index in [1.54, 1.807) is 18.2 Å². The average Bonchev–Trinajstić information content (AvgIpc) is 2.75. The van der Waals surface area contributed by atoms with E-state index in [4.69, 9.17) is 9.47 Å². The van der Waals surface area contributed by atoms with Crippen molar-refractivity contribution in [3.63, 3.8) is 0 Å². The summed E-state index contributed by atoms with van der Waals surface area (Å²) in [5.41, 5.74) is 4.65. The van der Waals surface area contributed by atoms with E-state index < -0.39 is 0 Å². The number of anilines is 1. The fourth-order valence-electron chi connectivity index (χ4n) is 3.16. The van der Waals surface area contributed by atoms with Crippen molar-refractivity contribution >= 4 is 11.6 Å². The number of carbonyl (C=O) groups is 1. The van der Waals surface area contributed by atoms with Gasteiger partial charge in [-0.05, 0) is 55.2 Å². The Morgan fingerprint density at radius 3 is 2.41 bits per heavy atom. The van der Waals surface area contributed by atoms with Gasteiger partial charge in [0.05, 0.1) is 6.61 Å². The lowest BCUT2D eigenvalue weighted by atomic mass is 10.1. The van der Waals surface area contributed by atoms with Crippen LogP contribution >= 0.6 is 0 Å². The number of hydrogen-bond donors (Lipinski definition) is 1. The van der Waals surface area contributed by atoms with Crippen LogP contribution in [0.25, 0.3) is 0 Å². The summed E-state index contributed by atoms with van der Waals surface area (Å²) in [5.74, 6) is 1.03. The molecule has 29 heavy (non-hydrogen) atoms. The zero-order valence-corrected chi connectivity index (χ0v) is 17.2. The van der Waals surface area contributed by atoms with Gasteiger partial charge in [-0.15, -0.1) is 0 Å². The van der Waals surface area contributed by atoms with Crippen LogP contribution in [-0.2, 0) is 13.0 Å². The first-order valence-corrected chi connectivity index (χ1v) is 9.95.